The van der Waals surface area contributed by atoms with E-state index in [1.807, 2.05) is 6.07 Å². The molecule has 7 nitrogen and oxygen atoms in total. The zero-order chi connectivity index (χ0) is 16.9. The van der Waals surface area contributed by atoms with E-state index < -0.39 is 0 Å². The standard InChI is InChI=1S/C17H16N4O3/c22-15-13-6-1-2-7-14(13)16(23)21(15)10-9-19-17(24)20-11-12-5-3-4-8-18-12/h1-8H,9-11H2,(H2,19,20,24). The Morgan fingerprint density at radius 1 is 0.958 bits per heavy atom. The van der Waals surface area contributed by atoms with Gasteiger partial charge < -0.3 is 10.6 Å². The molecule has 2 heterocycles. The van der Waals surface area contributed by atoms with Crippen molar-refractivity contribution in [1.29, 1.82) is 0 Å². The molecule has 0 radical (unpaired) electrons. The van der Waals surface area contributed by atoms with E-state index in [0.29, 0.717) is 17.7 Å². The first-order valence-corrected chi connectivity index (χ1v) is 7.53. The van der Waals surface area contributed by atoms with Gasteiger partial charge in [0.15, 0.2) is 0 Å². The number of hydrogen-bond donors (Lipinski definition) is 2. The van der Waals surface area contributed by atoms with Gasteiger partial charge in [0.05, 0.1) is 23.4 Å². The number of benzene rings is 1. The number of amides is 4. The van der Waals surface area contributed by atoms with Crippen LogP contribution in [0.4, 0.5) is 4.79 Å². The molecule has 0 saturated heterocycles. The number of carbonyl (C=O) groups is 3. The van der Waals surface area contributed by atoms with Crippen LogP contribution in [0, 0.1) is 0 Å². The zero-order valence-electron chi connectivity index (χ0n) is 12.9. The lowest BCUT2D eigenvalue weighted by Crippen LogP contribution is -2.41. The molecule has 0 atom stereocenters. The molecule has 0 unspecified atom stereocenters. The van der Waals surface area contributed by atoms with Gasteiger partial charge in [0.1, 0.15) is 0 Å². The van der Waals surface area contributed by atoms with Gasteiger partial charge in [0.25, 0.3) is 11.8 Å². The third kappa shape index (κ3) is 3.24. The number of nitrogens with one attached hydrogen (secondary N) is 2. The van der Waals surface area contributed by atoms with E-state index in [9.17, 15) is 14.4 Å². The Labute approximate surface area is 138 Å². The highest BCUT2D eigenvalue weighted by Gasteiger charge is 2.34. The van der Waals surface area contributed by atoms with Gasteiger partial charge in [-0.1, -0.05) is 18.2 Å². The summed E-state index contributed by atoms with van der Waals surface area (Å²) in [4.78, 5) is 41.3. The average molecular weight is 324 g/mol. The predicted octanol–water partition coefficient (Wildman–Crippen LogP) is 1.18. The van der Waals surface area contributed by atoms with Gasteiger partial charge in [-0.05, 0) is 24.3 Å². The molecular weight excluding hydrogens is 308 g/mol. The number of hydrogen-bond acceptors (Lipinski definition) is 4. The van der Waals surface area contributed by atoms with Crippen LogP contribution in [-0.4, -0.2) is 40.8 Å². The molecule has 0 spiro atoms. The average Bonchev–Trinajstić information content (AvgIpc) is 2.86. The Hall–Kier alpha value is -3.22. The van der Waals surface area contributed by atoms with Gasteiger partial charge in [-0.15, -0.1) is 0 Å². The fourth-order valence-corrected chi connectivity index (χ4v) is 2.46. The number of carbonyl (C=O) groups excluding carboxylic acids is 3. The maximum absolute atomic E-state index is 12.2. The quantitative estimate of drug-likeness (QED) is 0.808. The summed E-state index contributed by atoms with van der Waals surface area (Å²) in [6.45, 7) is 0.614. The fourth-order valence-electron chi connectivity index (χ4n) is 2.46. The maximum Gasteiger partial charge on any atom is 0.315 e. The van der Waals surface area contributed by atoms with Crippen LogP contribution in [0.3, 0.4) is 0 Å². The molecule has 122 valence electrons. The summed E-state index contributed by atoms with van der Waals surface area (Å²) < 4.78 is 0. The fraction of sp³-hybridized carbons (Fsp3) is 0.176. The summed E-state index contributed by atoms with van der Waals surface area (Å²) >= 11 is 0. The maximum atomic E-state index is 12.2. The zero-order valence-corrected chi connectivity index (χ0v) is 12.9. The van der Waals surface area contributed by atoms with E-state index in [0.717, 1.165) is 10.6 Å². The van der Waals surface area contributed by atoms with E-state index >= 15 is 0 Å². The number of rotatable bonds is 5. The van der Waals surface area contributed by atoms with Crippen molar-refractivity contribution in [3.05, 3.63) is 65.5 Å². The minimum absolute atomic E-state index is 0.128. The van der Waals surface area contributed by atoms with E-state index in [1.165, 1.54) is 0 Å². The molecule has 0 bridgehead atoms. The lowest BCUT2D eigenvalue weighted by molar-refractivity contribution is 0.0656. The van der Waals surface area contributed by atoms with E-state index in [2.05, 4.69) is 15.6 Å². The van der Waals surface area contributed by atoms with Crippen molar-refractivity contribution in [2.75, 3.05) is 13.1 Å². The third-order valence-corrected chi connectivity index (χ3v) is 3.66. The largest absolute Gasteiger partial charge is 0.336 e. The molecule has 4 amide bonds. The molecule has 1 aliphatic rings. The minimum Gasteiger partial charge on any atom is -0.336 e. The number of nitrogens with zero attached hydrogens (tertiary/aromatic N) is 2. The van der Waals surface area contributed by atoms with Crippen LogP contribution in [0.2, 0.25) is 0 Å². The first kappa shape index (κ1) is 15.7. The lowest BCUT2D eigenvalue weighted by Gasteiger charge is -2.14. The first-order chi connectivity index (χ1) is 11.7. The van der Waals surface area contributed by atoms with Crippen molar-refractivity contribution in [2.45, 2.75) is 6.54 Å². The highest BCUT2D eigenvalue weighted by atomic mass is 16.2. The van der Waals surface area contributed by atoms with Gasteiger partial charge in [0, 0.05) is 19.3 Å². The molecule has 0 saturated carbocycles. The lowest BCUT2D eigenvalue weighted by atomic mass is 10.1. The van der Waals surface area contributed by atoms with Crippen LogP contribution in [0.15, 0.2) is 48.7 Å². The van der Waals surface area contributed by atoms with Gasteiger partial charge in [-0.3, -0.25) is 19.5 Å². The van der Waals surface area contributed by atoms with Crippen LogP contribution in [0.25, 0.3) is 0 Å². The molecule has 1 aromatic heterocycles. The number of fused-ring (bicyclic) bond motifs is 1. The van der Waals surface area contributed by atoms with Gasteiger partial charge >= 0.3 is 6.03 Å². The van der Waals surface area contributed by atoms with Crippen LogP contribution >= 0.6 is 0 Å². The Morgan fingerprint density at radius 2 is 1.62 bits per heavy atom. The third-order valence-electron chi connectivity index (χ3n) is 3.66. The van der Waals surface area contributed by atoms with Crippen LogP contribution in [-0.2, 0) is 6.54 Å². The second-order valence-corrected chi connectivity index (χ2v) is 5.24. The van der Waals surface area contributed by atoms with E-state index in [4.69, 9.17) is 0 Å². The van der Waals surface area contributed by atoms with Crippen LogP contribution in [0.1, 0.15) is 26.4 Å². The highest BCUT2D eigenvalue weighted by Crippen LogP contribution is 2.21. The van der Waals surface area contributed by atoms with E-state index in [1.54, 1.807) is 42.6 Å². The summed E-state index contributed by atoms with van der Waals surface area (Å²) in [5.41, 5.74) is 1.55. The topological polar surface area (TPSA) is 91.4 Å². The minimum atomic E-state index is -0.378. The van der Waals surface area contributed by atoms with Crippen molar-refractivity contribution in [1.82, 2.24) is 20.5 Å². The van der Waals surface area contributed by atoms with Gasteiger partial charge in [-0.25, -0.2) is 4.79 Å². The van der Waals surface area contributed by atoms with Crippen molar-refractivity contribution in [3.8, 4) is 0 Å². The number of urea groups is 1. The second kappa shape index (κ2) is 6.91. The second-order valence-electron chi connectivity index (χ2n) is 5.24. The van der Waals surface area contributed by atoms with E-state index in [-0.39, 0.29) is 30.9 Å². The van der Waals surface area contributed by atoms with Crippen molar-refractivity contribution in [3.63, 3.8) is 0 Å². The van der Waals surface area contributed by atoms with Crippen LogP contribution < -0.4 is 10.6 Å². The molecular formula is C17H16N4O3. The Bertz CT molecular complexity index is 741. The first-order valence-electron chi connectivity index (χ1n) is 7.53. The number of pyridine rings is 1. The molecule has 0 aliphatic carbocycles. The summed E-state index contributed by atoms with van der Waals surface area (Å²) in [5, 5.41) is 5.29. The smallest absolute Gasteiger partial charge is 0.315 e. The molecule has 0 fully saturated rings. The molecule has 3 rings (SSSR count). The van der Waals surface area contributed by atoms with Crippen molar-refractivity contribution >= 4 is 17.8 Å². The van der Waals surface area contributed by atoms with Gasteiger partial charge in [-0.2, -0.15) is 0 Å². The number of aromatic nitrogens is 1. The van der Waals surface area contributed by atoms with Crippen LogP contribution in [0.5, 0.6) is 0 Å². The van der Waals surface area contributed by atoms with Crippen molar-refractivity contribution in [2.24, 2.45) is 0 Å². The highest BCUT2D eigenvalue weighted by molar-refractivity contribution is 6.21. The SMILES string of the molecule is O=C(NCCN1C(=O)c2ccccc2C1=O)NCc1ccccn1. The Balaban J connectivity index is 1.46. The molecule has 7 heteroatoms. The van der Waals surface area contributed by atoms with Crippen molar-refractivity contribution < 1.29 is 14.4 Å². The predicted molar refractivity (Wildman–Crippen MR) is 86.3 cm³/mol. The molecule has 1 aliphatic heterocycles. The summed E-state index contributed by atoms with van der Waals surface area (Å²) in [5.74, 6) is -0.655. The normalized spacial score (nSPS) is 12.9. The monoisotopic (exact) mass is 324 g/mol. The molecule has 1 aromatic carbocycles. The van der Waals surface area contributed by atoms with Gasteiger partial charge in [0.2, 0.25) is 0 Å². The Morgan fingerprint density at radius 3 is 2.25 bits per heavy atom. The molecule has 24 heavy (non-hydrogen) atoms. The number of imide groups is 1. The molecule has 2 N–H and O–H groups in total. The molecule has 2 aromatic rings. The Kier molecular flexibility index (Phi) is 4.51. The summed E-state index contributed by atoms with van der Waals surface area (Å²) in [6, 6.07) is 11.8. The summed E-state index contributed by atoms with van der Waals surface area (Å²) in [7, 11) is 0. The summed E-state index contributed by atoms with van der Waals surface area (Å²) in [6.07, 6.45) is 1.65.